The van der Waals surface area contributed by atoms with Crippen LogP contribution < -0.4 is 0 Å². The molecule has 0 aliphatic heterocycles. The van der Waals surface area contributed by atoms with Gasteiger partial charge in [-0.05, 0) is 6.07 Å². The standard InChI is InChI=1S/C10H9N3O/c14-7-10(13-5-4-12-8-13)9-2-1-3-11-6-9/h1-8,10H. The average Bonchev–Trinajstić information content (AvgIpc) is 2.74. The van der Waals surface area contributed by atoms with Gasteiger partial charge in [-0.3, -0.25) is 4.98 Å². The molecule has 2 aromatic rings. The van der Waals surface area contributed by atoms with Crippen LogP contribution in [0.25, 0.3) is 0 Å². The van der Waals surface area contributed by atoms with Gasteiger partial charge in [-0.2, -0.15) is 0 Å². The summed E-state index contributed by atoms with van der Waals surface area (Å²) in [5.41, 5.74) is 0.862. The van der Waals surface area contributed by atoms with Crippen molar-refractivity contribution in [2.75, 3.05) is 0 Å². The van der Waals surface area contributed by atoms with E-state index < -0.39 is 0 Å². The van der Waals surface area contributed by atoms with Crippen molar-refractivity contribution in [2.45, 2.75) is 6.04 Å². The first-order chi connectivity index (χ1) is 6.92. The summed E-state index contributed by atoms with van der Waals surface area (Å²) in [5, 5.41) is 0. The summed E-state index contributed by atoms with van der Waals surface area (Å²) < 4.78 is 1.74. The number of aldehydes is 1. The van der Waals surface area contributed by atoms with Gasteiger partial charge in [-0.1, -0.05) is 6.07 Å². The molecule has 0 aliphatic rings. The summed E-state index contributed by atoms with van der Waals surface area (Å²) >= 11 is 0. The van der Waals surface area contributed by atoms with E-state index in [2.05, 4.69) is 9.97 Å². The second-order valence-corrected chi connectivity index (χ2v) is 2.88. The molecule has 0 amide bonds. The SMILES string of the molecule is O=CC(c1cccnc1)n1ccnc1. The van der Waals surface area contributed by atoms with Crippen LogP contribution in [0.1, 0.15) is 11.6 Å². The van der Waals surface area contributed by atoms with Gasteiger partial charge in [-0.25, -0.2) is 4.98 Å². The topological polar surface area (TPSA) is 47.8 Å². The molecule has 2 aromatic heterocycles. The van der Waals surface area contributed by atoms with E-state index in [4.69, 9.17) is 0 Å². The molecule has 4 heteroatoms. The molecule has 0 aromatic carbocycles. The number of carbonyl (C=O) groups is 1. The van der Waals surface area contributed by atoms with Gasteiger partial charge in [0.15, 0.2) is 0 Å². The molecule has 70 valence electrons. The highest BCUT2D eigenvalue weighted by atomic mass is 16.1. The normalized spacial score (nSPS) is 12.3. The zero-order valence-corrected chi connectivity index (χ0v) is 7.45. The van der Waals surface area contributed by atoms with Crippen molar-refractivity contribution >= 4 is 6.29 Å². The van der Waals surface area contributed by atoms with Gasteiger partial charge in [0.2, 0.25) is 0 Å². The van der Waals surface area contributed by atoms with E-state index in [0.29, 0.717) is 0 Å². The van der Waals surface area contributed by atoms with Crippen LogP contribution >= 0.6 is 0 Å². The molecular weight excluding hydrogens is 178 g/mol. The molecule has 0 aliphatic carbocycles. The molecule has 0 radical (unpaired) electrons. The van der Waals surface area contributed by atoms with Crippen LogP contribution in [0.4, 0.5) is 0 Å². The minimum Gasteiger partial charge on any atom is -0.323 e. The Labute approximate surface area is 81.2 Å². The lowest BCUT2D eigenvalue weighted by molar-refractivity contribution is -0.109. The molecule has 0 saturated heterocycles. The van der Waals surface area contributed by atoms with Crippen molar-refractivity contribution in [3.05, 3.63) is 48.8 Å². The van der Waals surface area contributed by atoms with Crippen LogP contribution in [0.2, 0.25) is 0 Å². The largest absolute Gasteiger partial charge is 0.323 e. The fourth-order valence-corrected chi connectivity index (χ4v) is 1.31. The zero-order chi connectivity index (χ0) is 9.80. The summed E-state index contributed by atoms with van der Waals surface area (Å²) in [4.78, 5) is 18.8. The molecule has 2 heterocycles. The number of hydrogen-bond acceptors (Lipinski definition) is 3. The highest BCUT2D eigenvalue weighted by Crippen LogP contribution is 2.13. The lowest BCUT2D eigenvalue weighted by atomic mass is 10.1. The Morgan fingerprint density at radius 2 is 2.29 bits per heavy atom. The van der Waals surface area contributed by atoms with Gasteiger partial charge < -0.3 is 9.36 Å². The third-order valence-electron chi connectivity index (χ3n) is 2.00. The van der Waals surface area contributed by atoms with Gasteiger partial charge in [-0.15, -0.1) is 0 Å². The van der Waals surface area contributed by atoms with Crippen molar-refractivity contribution in [2.24, 2.45) is 0 Å². The summed E-state index contributed by atoms with van der Waals surface area (Å²) in [6, 6.07) is 3.35. The minimum absolute atomic E-state index is 0.328. The van der Waals surface area contributed by atoms with E-state index in [1.165, 1.54) is 0 Å². The van der Waals surface area contributed by atoms with Gasteiger partial charge >= 0.3 is 0 Å². The molecule has 1 atom stereocenters. The van der Waals surface area contributed by atoms with Crippen LogP contribution in [0.3, 0.4) is 0 Å². The van der Waals surface area contributed by atoms with E-state index in [-0.39, 0.29) is 6.04 Å². The van der Waals surface area contributed by atoms with E-state index in [9.17, 15) is 4.79 Å². The maximum absolute atomic E-state index is 10.9. The fraction of sp³-hybridized carbons (Fsp3) is 0.100. The van der Waals surface area contributed by atoms with Gasteiger partial charge in [0.1, 0.15) is 12.3 Å². The Morgan fingerprint density at radius 1 is 1.36 bits per heavy atom. The Balaban J connectivity index is 2.36. The summed E-state index contributed by atoms with van der Waals surface area (Å²) in [7, 11) is 0. The molecule has 0 saturated carbocycles. The molecule has 14 heavy (non-hydrogen) atoms. The number of nitrogens with zero attached hydrogens (tertiary/aromatic N) is 3. The Bertz CT molecular complexity index is 397. The van der Waals surface area contributed by atoms with Crippen LogP contribution in [0, 0.1) is 0 Å². The number of imidazole rings is 1. The summed E-state index contributed by atoms with van der Waals surface area (Å²) in [6.07, 6.45) is 9.25. The minimum atomic E-state index is -0.328. The van der Waals surface area contributed by atoms with Gasteiger partial charge in [0, 0.05) is 30.4 Å². The Kier molecular flexibility index (Phi) is 2.36. The third kappa shape index (κ3) is 1.54. The van der Waals surface area contributed by atoms with E-state index in [1.54, 1.807) is 35.7 Å². The molecule has 0 fully saturated rings. The predicted octanol–water partition coefficient (Wildman–Crippen LogP) is 1.07. The number of rotatable bonds is 3. The lowest BCUT2D eigenvalue weighted by Crippen LogP contribution is -2.10. The third-order valence-corrected chi connectivity index (χ3v) is 2.00. The zero-order valence-electron chi connectivity index (χ0n) is 7.45. The van der Waals surface area contributed by atoms with Crippen molar-refractivity contribution < 1.29 is 4.79 Å². The van der Waals surface area contributed by atoms with Gasteiger partial charge in [0.25, 0.3) is 0 Å². The van der Waals surface area contributed by atoms with E-state index in [0.717, 1.165) is 11.8 Å². The van der Waals surface area contributed by atoms with Crippen molar-refractivity contribution in [1.29, 1.82) is 0 Å². The first kappa shape index (κ1) is 8.62. The maximum atomic E-state index is 10.9. The fourth-order valence-electron chi connectivity index (χ4n) is 1.31. The number of hydrogen-bond donors (Lipinski definition) is 0. The molecule has 4 nitrogen and oxygen atoms in total. The molecule has 0 bridgehead atoms. The second kappa shape index (κ2) is 3.83. The van der Waals surface area contributed by atoms with E-state index >= 15 is 0 Å². The van der Waals surface area contributed by atoms with Crippen LogP contribution in [-0.4, -0.2) is 20.8 Å². The predicted molar refractivity (Wildman–Crippen MR) is 50.7 cm³/mol. The van der Waals surface area contributed by atoms with Crippen LogP contribution in [-0.2, 0) is 4.79 Å². The first-order valence-corrected chi connectivity index (χ1v) is 4.24. The lowest BCUT2D eigenvalue weighted by Gasteiger charge is -2.10. The summed E-state index contributed by atoms with van der Waals surface area (Å²) in [6.45, 7) is 0. The monoisotopic (exact) mass is 187 g/mol. The quantitative estimate of drug-likeness (QED) is 0.675. The van der Waals surface area contributed by atoms with E-state index in [1.807, 2.05) is 12.1 Å². The number of aromatic nitrogens is 3. The van der Waals surface area contributed by atoms with Crippen molar-refractivity contribution in [3.63, 3.8) is 0 Å². The average molecular weight is 187 g/mol. The number of carbonyl (C=O) groups excluding carboxylic acids is 1. The maximum Gasteiger partial charge on any atom is 0.147 e. The molecular formula is C10H9N3O. The molecule has 0 spiro atoms. The molecule has 2 rings (SSSR count). The van der Waals surface area contributed by atoms with Gasteiger partial charge in [0.05, 0.1) is 6.33 Å². The molecule has 0 N–H and O–H groups in total. The van der Waals surface area contributed by atoms with Crippen molar-refractivity contribution in [3.8, 4) is 0 Å². The van der Waals surface area contributed by atoms with Crippen LogP contribution in [0.5, 0.6) is 0 Å². The highest BCUT2D eigenvalue weighted by Gasteiger charge is 2.10. The number of pyridine rings is 1. The van der Waals surface area contributed by atoms with Crippen LogP contribution in [0.15, 0.2) is 43.2 Å². The smallest absolute Gasteiger partial charge is 0.147 e. The summed E-state index contributed by atoms with van der Waals surface area (Å²) in [5.74, 6) is 0. The highest BCUT2D eigenvalue weighted by molar-refractivity contribution is 5.61. The second-order valence-electron chi connectivity index (χ2n) is 2.88. The Hall–Kier alpha value is -1.97. The molecule has 1 unspecified atom stereocenters. The Morgan fingerprint density at radius 3 is 2.86 bits per heavy atom. The van der Waals surface area contributed by atoms with Crippen molar-refractivity contribution in [1.82, 2.24) is 14.5 Å². The first-order valence-electron chi connectivity index (χ1n) is 4.24.